The number of thiophene rings is 3. The molecule has 27 heavy (non-hydrogen) atoms. The van der Waals surface area contributed by atoms with Gasteiger partial charge >= 0.3 is 0 Å². The van der Waals surface area contributed by atoms with Gasteiger partial charge < -0.3 is 0 Å². The first kappa shape index (κ1) is 14.6. The molecular weight excluding hydrogens is 384 g/mol. The van der Waals surface area contributed by atoms with Gasteiger partial charge in [0.15, 0.2) is 0 Å². The summed E-state index contributed by atoms with van der Waals surface area (Å²) in [7, 11) is 0. The van der Waals surface area contributed by atoms with Crippen molar-refractivity contribution in [3.63, 3.8) is 0 Å². The average molecular weight is 397 g/mol. The number of hydrogen-bond acceptors (Lipinski definition) is 3. The second-order valence-electron chi connectivity index (χ2n) is 6.92. The molecule has 126 valence electrons. The predicted molar refractivity (Wildman–Crippen MR) is 125 cm³/mol. The van der Waals surface area contributed by atoms with Crippen LogP contribution in [0.3, 0.4) is 0 Å². The lowest BCUT2D eigenvalue weighted by Crippen LogP contribution is -1.73. The van der Waals surface area contributed by atoms with Crippen LogP contribution < -0.4 is 0 Å². The van der Waals surface area contributed by atoms with Crippen LogP contribution in [0.4, 0.5) is 0 Å². The van der Waals surface area contributed by atoms with E-state index in [1.807, 2.05) is 34.0 Å². The summed E-state index contributed by atoms with van der Waals surface area (Å²) in [5, 5.41) is 8.53. The zero-order valence-corrected chi connectivity index (χ0v) is 16.6. The fraction of sp³-hybridized carbons (Fsp3) is 0. The normalized spacial score (nSPS) is 12.4. The predicted octanol–water partition coefficient (Wildman–Crippen LogP) is 8.79. The van der Waals surface area contributed by atoms with E-state index >= 15 is 0 Å². The molecule has 3 heteroatoms. The van der Waals surface area contributed by atoms with Gasteiger partial charge in [-0.3, -0.25) is 0 Å². The molecule has 0 aliphatic carbocycles. The van der Waals surface area contributed by atoms with Crippen LogP contribution in [-0.2, 0) is 0 Å². The molecule has 7 aromatic rings. The highest BCUT2D eigenvalue weighted by molar-refractivity contribution is 7.29. The minimum atomic E-state index is 1.38. The van der Waals surface area contributed by atoms with E-state index in [9.17, 15) is 0 Å². The van der Waals surface area contributed by atoms with Crippen molar-refractivity contribution < 1.29 is 0 Å². The van der Waals surface area contributed by atoms with Crippen LogP contribution in [0.25, 0.3) is 60.5 Å². The highest BCUT2D eigenvalue weighted by Crippen LogP contribution is 2.48. The Labute approximate surface area is 166 Å². The van der Waals surface area contributed by atoms with Crippen LogP contribution >= 0.6 is 34.0 Å². The van der Waals surface area contributed by atoms with E-state index in [0.717, 1.165) is 0 Å². The maximum Gasteiger partial charge on any atom is 0.0362 e. The molecule has 0 atom stereocenters. The van der Waals surface area contributed by atoms with Crippen molar-refractivity contribution in [2.45, 2.75) is 0 Å². The van der Waals surface area contributed by atoms with E-state index in [0.29, 0.717) is 0 Å². The van der Waals surface area contributed by atoms with Crippen molar-refractivity contribution in [2.24, 2.45) is 0 Å². The number of hydrogen-bond donors (Lipinski definition) is 0. The second kappa shape index (κ2) is 5.08. The minimum Gasteiger partial charge on any atom is -0.135 e. The highest BCUT2D eigenvalue weighted by atomic mass is 32.1. The SMILES string of the molecule is c1ccc2c(c1)sc1ccc3sc4ccc5sc6ccccc6c5c4c3c12. The lowest BCUT2D eigenvalue weighted by molar-refractivity contribution is 1.87. The molecule has 0 unspecified atom stereocenters. The van der Waals surface area contributed by atoms with Crippen molar-refractivity contribution in [2.75, 3.05) is 0 Å². The molecule has 4 aromatic carbocycles. The Kier molecular flexibility index (Phi) is 2.74. The monoisotopic (exact) mass is 396 g/mol. The summed E-state index contributed by atoms with van der Waals surface area (Å²) in [5.41, 5.74) is 0. The lowest BCUT2D eigenvalue weighted by atomic mass is 10.0. The summed E-state index contributed by atoms with van der Waals surface area (Å²) in [6, 6.07) is 26.9. The lowest BCUT2D eigenvalue weighted by Gasteiger charge is -2.00. The topological polar surface area (TPSA) is 0 Å². The van der Waals surface area contributed by atoms with Crippen molar-refractivity contribution in [1.82, 2.24) is 0 Å². The minimum absolute atomic E-state index is 1.38. The molecule has 0 radical (unpaired) electrons. The number of benzene rings is 4. The van der Waals surface area contributed by atoms with Gasteiger partial charge in [-0.2, -0.15) is 0 Å². The Morgan fingerprint density at radius 1 is 0.333 bits per heavy atom. The largest absolute Gasteiger partial charge is 0.135 e. The van der Waals surface area contributed by atoms with Crippen LogP contribution in [0, 0.1) is 0 Å². The average Bonchev–Trinajstić information content (AvgIpc) is 3.37. The van der Waals surface area contributed by atoms with Gasteiger partial charge in [0.25, 0.3) is 0 Å². The molecule has 0 nitrogen and oxygen atoms in total. The fourth-order valence-electron chi connectivity index (χ4n) is 4.38. The van der Waals surface area contributed by atoms with Crippen LogP contribution in [0.1, 0.15) is 0 Å². The van der Waals surface area contributed by atoms with Crippen molar-refractivity contribution in [3.05, 3.63) is 72.8 Å². The molecule has 0 amide bonds. The van der Waals surface area contributed by atoms with Crippen molar-refractivity contribution in [3.8, 4) is 0 Å². The summed E-state index contributed by atoms with van der Waals surface area (Å²) in [6.07, 6.45) is 0. The van der Waals surface area contributed by atoms with Gasteiger partial charge in [-0.1, -0.05) is 36.4 Å². The fourth-order valence-corrected chi connectivity index (χ4v) is 7.73. The van der Waals surface area contributed by atoms with Crippen LogP contribution in [-0.4, -0.2) is 0 Å². The van der Waals surface area contributed by atoms with Gasteiger partial charge in [0.05, 0.1) is 0 Å². The van der Waals surface area contributed by atoms with Gasteiger partial charge in [-0.05, 0) is 36.4 Å². The molecule has 0 saturated carbocycles. The molecule has 0 N–H and O–H groups in total. The Morgan fingerprint density at radius 2 is 0.704 bits per heavy atom. The molecular formula is C24H12S3. The molecule has 0 aliphatic heterocycles. The summed E-state index contributed by atoms with van der Waals surface area (Å²) in [6.45, 7) is 0. The van der Waals surface area contributed by atoms with Crippen LogP contribution in [0.5, 0.6) is 0 Å². The first-order chi connectivity index (χ1) is 13.4. The quantitative estimate of drug-likeness (QED) is 0.240. The molecule has 0 fully saturated rings. The van der Waals surface area contributed by atoms with Crippen LogP contribution in [0.15, 0.2) is 72.8 Å². The third-order valence-electron chi connectivity index (χ3n) is 5.48. The smallest absolute Gasteiger partial charge is 0.0362 e. The maximum atomic E-state index is 2.32. The highest BCUT2D eigenvalue weighted by Gasteiger charge is 2.17. The standard InChI is InChI=1S/C24H12S3/c1-3-7-15-13(5-1)21-17(25-15)9-11-19-23(21)24-20(27-19)12-10-18-22(24)14-6-2-4-8-16(14)26-18/h1-12H. The molecule has 0 aliphatic rings. The number of rotatable bonds is 0. The first-order valence-electron chi connectivity index (χ1n) is 8.95. The molecule has 0 bridgehead atoms. The van der Waals surface area contributed by atoms with Crippen molar-refractivity contribution in [1.29, 1.82) is 0 Å². The van der Waals surface area contributed by atoms with E-state index in [1.165, 1.54) is 60.5 Å². The maximum absolute atomic E-state index is 2.32. The first-order valence-corrected chi connectivity index (χ1v) is 11.4. The molecule has 7 rings (SSSR count). The van der Waals surface area contributed by atoms with Gasteiger partial charge in [0.2, 0.25) is 0 Å². The van der Waals surface area contributed by atoms with Gasteiger partial charge in [0, 0.05) is 60.5 Å². The van der Waals surface area contributed by atoms with E-state index in [2.05, 4.69) is 72.8 Å². The van der Waals surface area contributed by atoms with E-state index in [1.54, 1.807) is 0 Å². The van der Waals surface area contributed by atoms with E-state index < -0.39 is 0 Å². The summed E-state index contributed by atoms with van der Waals surface area (Å²) in [4.78, 5) is 0. The van der Waals surface area contributed by atoms with Gasteiger partial charge in [0.1, 0.15) is 0 Å². The summed E-state index contributed by atoms with van der Waals surface area (Å²) in [5.74, 6) is 0. The number of fused-ring (bicyclic) bond motifs is 11. The van der Waals surface area contributed by atoms with E-state index in [-0.39, 0.29) is 0 Å². The van der Waals surface area contributed by atoms with Crippen molar-refractivity contribution >= 4 is 94.5 Å². The molecule has 0 saturated heterocycles. The van der Waals surface area contributed by atoms with Crippen LogP contribution in [0.2, 0.25) is 0 Å². The molecule has 0 spiro atoms. The summed E-state index contributed by atoms with van der Waals surface area (Å²) < 4.78 is 8.32. The van der Waals surface area contributed by atoms with Gasteiger partial charge in [-0.15, -0.1) is 34.0 Å². The second-order valence-corrected chi connectivity index (χ2v) is 10.2. The van der Waals surface area contributed by atoms with E-state index in [4.69, 9.17) is 0 Å². The zero-order valence-electron chi connectivity index (χ0n) is 14.2. The Morgan fingerprint density at radius 3 is 1.19 bits per heavy atom. The molecule has 3 aromatic heterocycles. The Hall–Kier alpha value is -2.46. The summed E-state index contributed by atoms with van der Waals surface area (Å²) >= 11 is 5.74. The molecule has 3 heterocycles. The van der Waals surface area contributed by atoms with Gasteiger partial charge in [-0.25, -0.2) is 0 Å². The third-order valence-corrected chi connectivity index (χ3v) is 8.87. The Balaban J connectivity index is 1.87. The zero-order chi connectivity index (χ0) is 17.5. The third kappa shape index (κ3) is 1.82. The Bertz CT molecular complexity index is 1550.